The van der Waals surface area contributed by atoms with Crippen LogP contribution in [0.2, 0.25) is 0 Å². The molecule has 126 valence electrons. The molecule has 0 amide bonds. The summed E-state index contributed by atoms with van der Waals surface area (Å²) in [6.45, 7) is 13.1. The van der Waals surface area contributed by atoms with Crippen LogP contribution in [0.25, 0.3) is 0 Å². The fourth-order valence-corrected chi connectivity index (χ4v) is 1.98. The molecular weight excluding hydrogens is 327 g/mol. The van der Waals surface area contributed by atoms with E-state index >= 15 is 0 Å². The number of rotatable bonds is 5. The molecule has 7 heteroatoms. The summed E-state index contributed by atoms with van der Waals surface area (Å²) in [5.41, 5.74) is 1.46. The Bertz CT molecular complexity index is 561. The summed E-state index contributed by atoms with van der Waals surface area (Å²) in [7, 11) is 0. The third-order valence-electron chi connectivity index (χ3n) is 3.37. The van der Waals surface area contributed by atoms with Crippen LogP contribution < -0.4 is 4.19 Å². The molecular formula is C15H25MnN2O4. The Morgan fingerprint density at radius 1 is 1.05 bits per heavy atom. The van der Waals surface area contributed by atoms with E-state index in [0.717, 1.165) is 0 Å². The van der Waals surface area contributed by atoms with E-state index in [2.05, 4.69) is 51.1 Å². The van der Waals surface area contributed by atoms with Crippen molar-refractivity contribution in [1.82, 2.24) is 0 Å². The number of nitriles is 1. The van der Waals surface area contributed by atoms with Crippen molar-refractivity contribution in [3.05, 3.63) is 35.9 Å². The molecule has 1 aromatic rings. The molecule has 0 unspecified atom stereocenters. The zero-order valence-electron chi connectivity index (χ0n) is 13.6. The maximum absolute atomic E-state index is 8.58. The second-order valence-corrected chi connectivity index (χ2v) is 5.72. The van der Waals surface area contributed by atoms with Gasteiger partial charge in [0.05, 0.1) is 25.7 Å². The molecule has 0 heterocycles. The van der Waals surface area contributed by atoms with Crippen LogP contribution in [0, 0.1) is 11.3 Å². The Balaban J connectivity index is 0. The molecule has 0 atom stereocenters. The Morgan fingerprint density at radius 3 is 1.64 bits per heavy atom. The Hall–Kier alpha value is -1.45. The summed E-state index contributed by atoms with van der Waals surface area (Å²) in [6, 6.07) is 12.6. The quantitative estimate of drug-likeness (QED) is 0.597. The molecule has 0 aliphatic heterocycles. The average Bonchev–Trinajstić information content (AvgIpc) is 2.45. The van der Waals surface area contributed by atoms with Crippen molar-refractivity contribution >= 4 is 0 Å². The van der Waals surface area contributed by atoms with Crippen LogP contribution in [0.4, 0.5) is 0 Å². The van der Waals surface area contributed by atoms with Crippen molar-refractivity contribution in [2.75, 3.05) is 19.6 Å². The van der Waals surface area contributed by atoms with Crippen molar-refractivity contribution < 1.29 is 33.1 Å². The first-order chi connectivity index (χ1) is 10.2. The van der Waals surface area contributed by atoms with Crippen molar-refractivity contribution in [3.63, 3.8) is 0 Å². The average molecular weight is 352 g/mol. The topological polar surface area (TPSA) is 98.1 Å². The molecule has 0 aromatic heterocycles. The van der Waals surface area contributed by atoms with Crippen molar-refractivity contribution in [3.8, 4) is 6.07 Å². The molecule has 0 saturated heterocycles. The van der Waals surface area contributed by atoms with Crippen LogP contribution in [0.15, 0.2) is 30.3 Å². The van der Waals surface area contributed by atoms with Gasteiger partial charge in [-0.1, -0.05) is 30.3 Å². The molecule has 6 nitrogen and oxygen atoms in total. The zero-order valence-corrected chi connectivity index (χ0v) is 14.8. The van der Waals surface area contributed by atoms with Crippen LogP contribution >= 0.6 is 0 Å². The first kappa shape index (κ1) is 22.8. The second-order valence-electron chi connectivity index (χ2n) is 4.54. The van der Waals surface area contributed by atoms with Crippen LogP contribution in [0.1, 0.15) is 33.3 Å². The van der Waals surface area contributed by atoms with Gasteiger partial charge in [0, 0.05) is 12.5 Å². The van der Waals surface area contributed by atoms with Crippen LogP contribution in [0.5, 0.6) is 0 Å². The SMILES string of the molecule is CC#N.CC[N+](CC)(CC)Cc1ccccc1.[O]=[Mn](=[O])(=[O])[O-]. The van der Waals surface area contributed by atoms with Gasteiger partial charge in [-0.3, -0.25) is 0 Å². The monoisotopic (exact) mass is 352 g/mol. The fourth-order valence-electron chi connectivity index (χ4n) is 1.98. The third kappa shape index (κ3) is 13.5. The number of hydrogen-bond donors (Lipinski definition) is 0. The summed E-state index contributed by atoms with van der Waals surface area (Å²) in [6.07, 6.45) is 0. The van der Waals surface area contributed by atoms with E-state index in [1.165, 1.54) is 43.1 Å². The predicted octanol–water partition coefficient (Wildman–Crippen LogP) is 2.05. The second kappa shape index (κ2) is 12.1. The predicted molar refractivity (Wildman–Crippen MR) is 75.4 cm³/mol. The van der Waals surface area contributed by atoms with E-state index in [1.54, 1.807) is 6.07 Å². The minimum atomic E-state index is -5.62. The molecule has 0 spiro atoms. The number of hydrogen-bond acceptors (Lipinski definition) is 5. The van der Waals surface area contributed by atoms with Gasteiger partial charge in [-0.15, -0.1) is 0 Å². The molecule has 0 fully saturated rings. The van der Waals surface area contributed by atoms with Crippen molar-refractivity contribution in [1.29, 1.82) is 5.26 Å². The Labute approximate surface area is 134 Å². The maximum atomic E-state index is 8.58. The van der Waals surface area contributed by atoms with Gasteiger partial charge in [0.1, 0.15) is 6.54 Å². The van der Waals surface area contributed by atoms with Crippen molar-refractivity contribution in [2.45, 2.75) is 34.2 Å². The van der Waals surface area contributed by atoms with Gasteiger partial charge in [-0.25, -0.2) is 0 Å². The number of quaternary nitrogens is 1. The van der Waals surface area contributed by atoms with Crippen LogP contribution in [0.3, 0.4) is 0 Å². The summed E-state index contributed by atoms with van der Waals surface area (Å²) in [5.74, 6) is 0. The standard InChI is InChI=1S/C13H22N.C2H3N.Mn.4O/c1-4-14(5-2,6-3)12-13-10-8-7-9-11-13;1-2-3;;;;;/h7-11H,4-6,12H2,1-3H3;1H3;;;;;/q+1;;;;;;-1. The molecule has 22 heavy (non-hydrogen) atoms. The molecule has 0 aliphatic carbocycles. The zero-order chi connectivity index (χ0) is 17.6. The molecule has 0 bridgehead atoms. The van der Waals surface area contributed by atoms with E-state index in [1.807, 2.05) is 0 Å². The minimum absolute atomic E-state index is 1.17. The summed E-state index contributed by atoms with van der Waals surface area (Å²) < 4.78 is 35.5. The molecule has 0 radical (unpaired) electrons. The summed E-state index contributed by atoms with van der Waals surface area (Å²) >= 11 is -5.62. The van der Waals surface area contributed by atoms with E-state index in [9.17, 15) is 0 Å². The van der Waals surface area contributed by atoms with Crippen LogP contribution in [-0.2, 0) is 31.0 Å². The van der Waals surface area contributed by atoms with Gasteiger partial charge in [0.25, 0.3) is 0 Å². The summed E-state index contributed by atoms with van der Waals surface area (Å²) in [4.78, 5) is 0. The van der Waals surface area contributed by atoms with E-state index < -0.39 is 13.0 Å². The van der Waals surface area contributed by atoms with Crippen molar-refractivity contribution in [2.24, 2.45) is 0 Å². The van der Waals surface area contributed by atoms with Crippen LogP contribution in [-0.4, -0.2) is 24.1 Å². The number of benzene rings is 1. The fraction of sp³-hybridized carbons (Fsp3) is 0.533. The molecule has 1 rings (SSSR count). The molecule has 0 saturated carbocycles. The van der Waals surface area contributed by atoms with E-state index in [0.29, 0.717) is 0 Å². The van der Waals surface area contributed by atoms with Gasteiger partial charge in [-0.2, -0.15) is 5.26 Å². The first-order valence-corrected chi connectivity index (χ1v) is 8.92. The molecule has 0 aliphatic rings. The molecule has 0 N–H and O–H groups in total. The first-order valence-electron chi connectivity index (χ1n) is 6.99. The Kier molecular flexibility index (Phi) is 12.6. The van der Waals surface area contributed by atoms with Gasteiger partial charge in [0.15, 0.2) is 0 Å². The third-order valence-corrected chi connectivity index (χ3v) is 3.37. The van der Waals surface area contributed by atoms with Gasteiger partial charge < -0.3 is 4.48 Å². The van der Waals surface area contributed by atoms with Gasteiger partial charge in [-0.05, 0) is 20.8 Å². The summed E-state index contributed by atoms with van der Waals surface area (Å²) in [5, 5.41) is 7.32. The van der Waals surface area contributed by atoms with Gasteiger partial charge in [0.2, 0.25) is 0 Å². The molecule has 1 aromatic carbocycles. The van der Waals surface area contributed by atoms with E-state index in [4.69, 9.17) is 21.0 Å². The normalized spacial score (nSPS) is 10.4. The van der Waals surface area contributed by atoms with E-state index in [-0.39, 0.29) is 0 Å². The van der Waals surface area contributed by atoms with Gasteiger partial charge >= 0.3 is 28.7 Å². The Morgan fingerprint density at radius 2 is 1.36 bits per heavy atom. The number of nitrogens with zero attached hydrogens (tertiary/aromatic N) is 2.